The fourth-order valence-corrected chi connectivity index (χ4v) is 2.55. The zero-order valence-electron chi connectivity index (χ0n) is 12.8. The van der Waals surface area contributed by atoms with E-state index in [0.717, 1.165) is 10.1 Å². The van der Waals surface area contributed by atoms with E-state index >= 15 is 0 Å². The van der Waals surface area contributed by atoms with Crippen molar-refractivity contribution < 1.29 is 17.9 Å². The summed E-state index contributed by atoms with van der Waals surface area (Å²) < 4.78 is 38.3. The molecule has 0 amide bonds. The molecule has 2 aromatic carbocycles. The number of ether oxygens (including phenoxy) is 1. The Morgan fingerprint density at radius 3 is 2.60 bits per heavy atom. The normalized spacial score (nSPS) is 11.3. The van der Waals surface area contributed by atoms with Gasteiger partial charge in [0.15, 0.2) is 5.82 Å². The summed E-state index contributed by atoms with van der Waals surface area (Å²) in [5.41, 5.74) is 1.63. The van der Waals surface area contributed by atoms with Crippen molar-refractivity contribution in [3.63, 3.8) is 0 Å². The van der Waals surface area contributed by atoms with Crippen LogP contribution in [-0.2, 0) is 6.61 Å². The molecule has 0 saturated carbocycles. The van der Waals surface area contributed by atoms with Crippen LogP contribution >= 0.6 is 0 Å². The van der Waals surface area contributed by atoms with Gasteiger partial charge in [-0.05, 0) is 36.4 Å². The van der Waals surface area contributed by atoms with Crippen LogP contribution < -0.4 is 4.74 Å². The van der Waals surface area contributed by atoms with Gasteiger partial charge in [-0.25, -0.2) is 4.98 Å². The summed E-state index contributed by atoms with van der Waals surface area (Å²) in [6, 6.07) is 13.7. The quantitative estimate of drug-likeness (QED) is 0.547. The second-order valence-electron chi connectivity index (χ2n) is 5.22. The molecule has 0 radical (unpaired) electrons. The Hall–Kier alpha value is -3.29. The number of imidazole rings is 1. The number of benzene rings is 2. The lowest BCUT2D eigenvalue weighted by Gasteiger charge is -2.09. The number of alkyl halides is 2. The van der Waals surface area contributed by atoms with Crippen molar-refractivity contribution in [3.8, 4) is 17.2 Å². The Morgan fingerprint density at radius 2 is 1.88 bits per heavy atom. The molecule has 4 aromatic rings. The molecule has 126 valence electrons. The van der Waals surface area contributed by atoms with E-state index < -0.39 is 6.55 Å². The van der Waals surface area contributed by atoms with Gasteiger partial charge in [0.05, 0.1) is 11.0 Å². The highest BCUT2D eigenvalue weighted by Gasteiger charge is 2.17. The van der Waals surface area contributed by atoms with Gasteiger partial charge in [0.25, 0.3) is 0 Å². The summed E-state index contributed by atoms with van der Waals surface area (Å²) in [5, 5.41) is 7.42. The summed E-state index contributed by atoms with van der Waals surface area (Å²) in [4.78, 5) is 4.23. The first-order valence-electron chi connectivity index (χ1n) is 7.46. The molecule has 0 atom stereocenters. The summed E-state index contributed by atoms with van der Waals surface area (Å²) in [6.07, 6.45) is 1.24. The SMILES string of the molecule is FC(F)n1c(COc2ccc(-c3nnco3)cc2)nc2ccccc21. The van der Waals surface area contributed by atoms with Crippen molar-refractivity contribution in [2.75, 3.05) is 0 Å². The van der Waals surface area contributed by atoms with E-state index in [2.05, 4.69) is 15.2 Å². The van der Waals surface area contributed by atoms with E-state index in [9.17, 15) is 8.78 Å². The number of aromatic nitrogens is 4. The molecule has 0 aliphatic rings. The highest BCUT2D eigenvalue weighted by atomic mass is 19.3. The van der Waals surface area contributed by atoms with Crippen molar-refractivity contribution in [2.45, 2.75) is 13.2 Å². The minimum atomic E-state index is -2.69. The second kappa shape index (κ2) is 6.31. The van der Waals surface area contributed by atoms with Crippen molar-refractivity contribution in [1.29, 1.82) is 0 Å². The maximum Gasteiger partial charge on any atom is 0.320 e. The number of nitrogens with zero attached hydrogens (tertiary/aromatic N) is 4. The van der Waals surface area contributed by atoms with E-state index in [1.165, 1.54) is 6.39 Å². The molecule has 0 saturated heterocycles. The van der Waals surface area contributed by atoms with Gasteiger partial charge < -0.3 is 9.15 Å². The summed E-state index contributed by atoms with van der Waals surface area (Å²) in [6.45, 7) is -2.76. The molecule has 2 aromatic heterocycles. The first-order chi connectivity index (χ1) is 12.2. The van der Waals surface area contributed by atoms with E-state index in [1.807, 2.05) is 0 Å². The van der Waals surface area contributed by atoms with Crippen LogP contribution in [-0.4, -0.2) is 19.7 Å². The monoisotopic (exact) mass is 342 g/mol. The first kappa shape index (κ1) is 15.3. The van der Waals surface area contributed by atoms with Crippen molar-refractivity contribution >= 4 is 11.0 Å². The van der Waals surface area contributed by atoms with Crippen LogP contribution in [0.15, 0.2) is 59.3 Å². The molecule has 0 bridgehead atoms. The third-order valence-corrected chi connectivity index (χ3v) is 3.69. The van der Waals surface area contributed by atoms with Gasteiger partial charge in [-0.15, -0.1) is 10.2 Å². The Balaban J connectivity index is 1.55. The zero-order chi connectivity index (χ0) is 17.2. The average molecular weight is 342 g/mol. The van der Waals surface area contributed by atoms with Gasteiger partial charge in [-0.1, -0.05) is 12.1 Å². The second-order valence-corrected chi connectivity index (χ2v) is 5.22. The van der Waals surface area contributed by atoms with Crippen molar-refractivity contribution in [1.82, 2.24) is 19.7 Å². The molecule has 0 aliphatic carbocycles. The molecule has 0 aliphatic heterocycles. The van der Waals surface area contributed by atoms with Gasteiger partial charge in [0, 0.05) is 5.56 Å². The number of hydrogen-bond acceptors (Lipinski definition) is 5. The average Bonchev–Trinajstić information content (AvgIpc) is 3.28. The number of rotatable bonds is 5. The molecule has 0 N–H and O–H groups in total. The van der Waals surface area contributed by atoms with Crippen LogP contribution in [0.5, 0.6) is 5.75 Å². The van der Waals surface area contributed by atoms with Gasteiger partial charge in [0.1, 0.15) is 12.4 Å². The van der Waals surface area contributed by atoms with Gasteiger partial charge in [0.2, 0.25) is 12.3 Å². The smallest absolute Gasteiger partial charge is 0.320 e. The predicted molar refractivity (Wildman–Crippen MR) is 85.1 cm³/mol. The topological polar surface area (TPSA) is 66.0 Å². The van der Waals surface area contributed by atoms with Crippen LogP contribution in [0.1, 0.15) is 12.4 Å². The van der Waals surface area contributed by atoms with E-state index in [1.54, 1.807) is 48.5 Å². The first-order valence-corrected chi connectivity index (χ1v) is 7.46. The molecular weight excluding hydrogens is 330 g/mol. The van der Waals surface area contributed by atoms with Crippen LogP contribution in [0.25, 0.3) is 22.5 Å². The Labute approximate surface area is 140 Å². The van der Waals surface area contributed by atoms with E-state index in [4.69, 9.17) is 9.15 Å². The lowest BCUT2D eigenvalue weighted by Crippen LogP contribution is -2.07. The highest BCUT2D eigenvalue weighted by molar-refractivity contribution is 5.75. The third kappa shape index (κ3) is 2.93. The molecule has 4 rings (SSSR count). The lowest BCUT2D eigenvalue weighted by molar-refractivity contribution is 0.0677. The molecule has 0 spiro atoms. The van der Waals surface area contributed by atoms with Crippen LogP contribution in [0, 0.1) is 0 Å². The van der Waals surface area contributed by atoms with Crippen LogP contribution in [0.3, 0.4) is 0 Å². The number of fused-ring (bicyclic) bond motifs is 1. The molecule has 8 heteroatoms. The Kier molecular flexibility index (Phi) is 3.85. The maximum atomic E-state index is 13.4. The van der Waals surface area contributed by atoms with Crippen molar-refractivity contribution in [3.05, 3.63) is 60.7 Å². The third-order valence-electron chi connectivity index (χ3n) is 3.69. The Bertz CT molecular complexity index is 982. The molecule has 0 unspecified atom stereocenters. The fourth-order valence-electron chi connectivity index (χ4n) is 2.55. The fraction of sp³-hybridized carbons (Fsp3) is 0.118. The van der Waals surface area contributed by atoms with Gasteiger partial charge in [-0.2, -0.15) is 8.78 Å². The van der Waals surface area contributed by atoms with Gasteiger partial charge in [-0.3, -0.25) is 4.57 Å². The molecular formula is C17H12F2N4O2. The Morgan fingerprint density at radius 1 is 1.08 bits per heavy atom. The molecule has 0 fully saturated rings. The highest BCUT2D eigenvalue weighted by Crippen LogP contribution is 2.25. The minimum absolute atomic E-state index is 0.0705. The molecule has 6 nitrogen and oxygen atoms in total. The number of para-hydroxylation sites is 2. The predicted octanol–water partition coefficient (Wildman–Crippen LogP) is 4.06. The standard InChI is InChI=1S/C17H12F2N4O2/c18-17(19)23-14-4-2-1-3-13(14)21-15(23)9-24-12-7-5-11(6-8-12)16-22-20-10-25-16/h1-8,10,17H,9H2. The summed E-state index contributed by atoms with van der Waals surface area (Å²) in [5.74, 6) is 1.08. The number of hydrogen-bond donors (Lipinski definition) is 0. The van der Waals surface area contributed by atoms with Crippen LogP contribution in [0.2, 0.25) is 0 Å². The van der Waals surface area contributed by atoms with Crippen LogP contribution in [0.4, 0.5) is 8.78 Å². The molecule has 25 heavy (non-hydrogen) atoms. The summed E-state index contributed by atoms with van der Waals surface area (Å²) in [7, 11) is 0. The van der Waals surface area contributed by atoms with Gasteiger partial charge >= 0.3 is 6.55 Å². The summed E-state index contributed by atoms with van der Waals surface area (Å²) >= 11 is 0. The van der Waals surface area contributed by atoms with E-state index in [0.29, 0.717) is 22.7 Å². The van der Waals surface area contributed by atoms with E-state index in [-0.39, 0.29) is 12.4 Å². The lowest BCUT2D eigenvalue weighted by atomic mass is 10.2. The zero-order valence-corrected chi connectivity index (χ0v) is 12.8. The van der Waals surface area contributed by atoms with Crippen molar-refractivity contribution in [2.24, 2.45) is 0 Å². The largest absolute Gasteiger partial charge is 0.486 e. The minimum Gasteiger partial charge on any atom is -0.486 e. The molecule has 2 heterocycles. The maximum absolute atomic E-state index is 13.4. The number of halogens is 2.